The smallest absolute Gasteiger partial charge is 0.298 e. The Kier molecular flexibility index (Phi) is 14.6. The molecule has 5 heterocycles. The molecule has 0 amide bonds. The van der Waals surface area contributed by atoms with Gasteiger partial charge in [0.05, 0.1) is 21.4 Å². The van der Waals surface area contributed by atoms with Crippen LogP contribution in [-0.2, 0) is 0 Å². The second-order valence-corrected chi connectivity index (χ2v) is 20.5. The number of H-pyrrole nitrogens is 1. The predicted octanol–water partition coefficient (Wildman–Crippen LogP) is 16.2. The van der Waals surface area contributed by atoms with Crippen LogP contribution < -0.4 is 37.4 Å². The number of anilines is 5. The molecule has 0 fully saturated rings. The molecular weight excluding hydrogens is 1060 g/mol. The third kappa shape index (κ3) is 11.5. The molecule has 4 N–H and O–H groups in total. The molecule has 17 rings (SSSR count). The number of aromatic nitrogens is 3. The van der Waals surface area contributed by atoms with Gasteiger partial charge in [0.2, 0.25) is 12.2 Å². The Labute approximate surface area is 494 Å². The lowest BCUT2D eigenvalue weighted by Crippen LogP contribution is -2.19. The van der Waals surface area contributed by atoms with Gasteiger partial charge in [-0.05, 0) is 126 Å². The summed E-state index contributed by atoms with van der Waals surface area (Å²) in [6.07, 6.45) is -0.492. The van der Waals surface area contributed by atoms with Gasteiger partial charge in [0.1, 0.15) is 11.0 Å². The number of aromatic amines is 1. The van der Waals surface area contributed by atoms with Crippen LogP contribution in [0.25, 0.3) is 77.4 Å². The van der Waals surface area contributed by atoms with E-state index in [1.165, 1.54) is 32.6 Å². The average molecular weight is 1120 g/mol. The Balaban J connectivity index is 0.000000106. The monoisotopic (exact) mass is 1110 g/mol. The van der Waals surface area contributed by atoms with Crippen molar-refractivity contribution in [2.24, 2.45) is 20.0 Å². The quantitative estimate of drug-likeness (QED) is 0.112. The van der Waals surface area contributed by atoms with Gasteiger partial charge in [-0.15, -0.1) is 0 Å². The lowest BCUT2D eigenvalue weighted by molar-refractivity contribution is 0.599. The van der Waals surface area contributed by atoms with E-state index >= 15 is 0 Å². The molecule has 15 aromatic rings. The van der Waals surface area contributed by atoms with Crippen LogP contribution in [0.5, 0.6) is 0 Å². The largest absolute Gasteiger partial charge is 0.436 e. The molecule has 2 aliphatic rings. The lowest BCUT2D eigenvalue weighted by atomic mass is 10.0. The summed E-state index contributed by atoms with van der Waals surface area (Å²) in [6, 6.07) is 98.4. The van der Waals surface area contributed by atoms with Gasteiger partial charge in [-0.1, -0.05) is 182 Å². The Morgan fingerprint density at radius 3 is 1.51 bits per heavy atom. The van der Waals surface area contributed by atoms with Gasteiger partial charge in [-0.3, -0.25) is 15.3 Å². The van der Waals surface area contributed by atoms with E-state index in [1.807, 2.05) is 127 Å². The standard InChI is InChI=1S/C29H20N2O.C19H15N3.C14H10N4O.C12H9N/c1-2-10-23-20(8-1)9-7-14-26(23)30-25-12-4-3-11-24(25)21-16-18-22(19-17-21)29-31-27-13-5-6-15-28(27)32-29;1-2-6-15(7-3-1)20-16-12-10-14(11-13-16)19-21-17-8-4-5-9-18(17)22-19;1-2-6-10-9(5-1)15-13(16-10)18-14-17-11-7-3-4-8-12(11)19-14;1-3-7-11-9(5-1)10-6-2-4-8-12(10)13-11/h1-19,30H;1-13,19-20H;1-8,13H,(H,17,18);1-8,13H. The Hall–Kier alpha value is -11.8. The van der Waals surface area contributed by atoms with E-state index in [9.17, 15) is 0 Å². The second-order valence-electron chi connectivity index (χ2n) is 20.5. The number of nitrogens with zero attached hydrogens (tertiary/aromatic N) is 6. The number of benzene rings is 12. The minimum Gasteiger partial charge on any atom is -0.436 e. The van der Waals surface area contributed by atoms with E-state index in [-0.39, 0.29) is 12.5 Å². The summed E-state index contributed by atoms with van der Waals surface area (Å²) in [4.78, 5) is 30.5. The van der Waals surface area contributed by atoms with Crippen LogP contribution in [0.15, 0.2) is 320 Å². The molecule has 0 bridgehead atoms. The summed E-state index contributed by atoms with van der Waals surface area (Å²) in [5.74, 6) is 0.639. The van der Waals surface area contributed by atoms with Crippen molar-refractivity contribution in [2.45, 2.75) is 12.5 Å². The molecule has 86 heavy (non-hydrogen) atoms. The van der Waals surface area contributed by atoms with Crippen molar-refractivity contribution < 1.29 is 8.83 Å². The van der Waals surface area contributed by atoms with E-state index in [0.717, 1.165) is 88.6 Å². The van der Waals surface area contributed by atoms with Crippen molar-refractivity contribution in [3.63, 3.8) is 0 Å². The number of hydrogen-bond acceptors (Lipinski definition) is 11. The summed E-state index contributed by atoms with van der Waals surface area (Å²) in [5, 5.41) is 18.8. The molecular formula is C74H54N10O2. The first-order chi connectivity index (χ1) is 42.6. The third-order valence-corrected chi connectivity index (χ3v) is 14.8. The van der Waals surface area contributed by atoms with Crippen LogP contribution in [0.1, 0.15) is 11.7 Å². The number of hydrogen-bond donors (Lipinski definition) is 4. The summed E-state index contributed by atoms with van der Waals surface area (Å²) < 4.78 is 11.5. The zero-order chi connectivity index (χ0) is 57.4. The highest BCUT2D eigenvalue weighted by Crippen LogP contribution is 2.35. The molecule has 0 unspecified atom stereocenters. The lowest BCUT2D eigenvalue weighted by Gasteiger charge is -2.14. The first-order valence-electron chi connectivity index (χ1n) is 28.4. The van der Waals surface area contributed by atoms with Crippen LogP contribution in [0.2, 0.25) is 0 Å². The highest BCUT2D eigenvalue weighted by molar-refractivity contribution is 6.07. The van der Waals surface area contributed by atoms with Gasteiger partial charge >= 0.3 is 0 Å². The van der Waals surface area contributed by atoms with Crippen molar-refractivity contribution in [3.05, 3.63) is 318 Å². The zero-order valence-corrected chi connectivity index (χ0v) is 46.4. The van der Waals surface area contributed by atoms with Gasteiger partial charge < -0.3 is 24.5 Å². The molecule has 0 saturated heterocycles. The normalized spacial score (nSPS) is 12.2. The molecule has 12 nitrogen and oxygen atoms in total. The average Bonchev–Trinajstić information content (AvgIpc) is 4.60. The van der Waals surface area contributed by atoms with Gasteiger partial charge in [0.25, 0.3) is 6.01 Å². The number of rotatable bonds is 9. The molecule has 0 saturated carbocycles. The Morgan fingerprint density at radius 1 is 0.349 bits per heavy atom. The maximum absolute atomic E-state index is 5.92. The molecule has 0 spiro atoms. The minimum absolute atomic E-state index is 0.122. The highest BCUT2D eigenvalue weighted by atomic mass is 16.4. The highest BCUT2D eigenvalue weighted by Gasteiger charge is 2.15. The summed E-state index contributed by atoms with van der Waals surface area (Å²) >= 11 is 0. The van der Waals surface area contributed by atoms with Gasteiger partial charge in [0, 0.05) is 61.1 Å². The van der Waals surface area contributed by atoms with Crippen molar-refractivity contribution in [1.82, 2.24) is 15.0 Å². The van der Waals surface area contributed by atoms with Crippen LogP contribution in [-0.4, -0.2) is 21.2 Å². The molecule has 0 radical (unpaired) electrons. The maximum Gasteiger partial charge on any atom is 0.298 e. The SMILES string of the molecule is c1ccc(-c2ccc(-c3nc4ccccc4o3)cc2)c(Nc2cccc3ccccc23)c1.c1ccc(Nc2ccc(C3N=c4ccccc4=N3)cc2)cc1.c1ccc2c(c1)=NC(Nc1nc3ccccc3o1)N=2.c1ccc2c(c1)[nH]c1ccccc12. The van der Waals surface area contributed by atoms with Crippen molar-refractivity contribution >= 4 is 83.5 Å². The van der Waals surface area contributed by atoms with E-state index in [2.05, 4.69) is 215 Å². The van der Waals surface area contributed by atoms with Crippen LogP contribution in [0, 0.1) is 0 Å². The Morgan fingerprint density at radius 2 is 0.849 bits per heavy atom. The molecule has 0 atom stereocenters. The Bertz CT molecular complexity index is 4950. The molecule has 412 valence electrons. The molecule has 12 aromatic carbocycles. The number of fused-ring (bicyclic) bond motifs is 8. The van der Waals surface area contributed by atoms with E-state index < -0.39 is 0 Å². The second kappa shape index (κ2) is 24.0. The molecule has 3 aromatic heterocycles. The van der Waals surface area contributed by atoms with E-state index in [4.69, 9.17) is 8.83 Å². The number of para-hydroxylation sites is 12. The maximum atomic E-state index is 5.92. The molecule has 12 heteroatoms. The topological polar surface area (TPSA) is 153 Å². The van der Waals surface area contributed by atoms with Gasteiger partial charge in [-0.25, -0.2) is 15.0 Å². The summed E-state index contributed by atoms with van der Waals surface area (Å²) in [6.45, 7) is 0. The fourth-order valence-electron chi connectivity index (χ4n) is 10.5. The first kappa shape index (κ1) is 52.3. The zero-order valence-electron chi connectivity index (χ0n) is 46.4. The van der Waals surface area contributed by atoms with Gasteiger partial charge in [-0.2, -0.15) is 4.98 Å². The van der Waals surface area contributed by atoms with Gasteiger partial charge in [0.15, 0.2) is 17.3 Å². The number of nitrogens with one attached hydrogen (secondary N) is 4. The van der Waals surface area contributed by atoms with E-state index in [0.29, 0.717) is 11.9 Å². The third-order valence-electron chi connectivity index (χ3n) is 14.8. The molecule has 0 aliphatic carbocycles. The van der Waals surface area contributed by atoms with Crippen LogP contribution >= 0.6 is 0 Å². The fraction of sp³-hybridized carbons (Fsp3) is 0.0270. The minimum atomic E-state index is -0.370. The van der Waals surface area contributed by atoms with Crippen LogP contribution in [0.3, 0.4) is 0 Å². The first-order valence-corrected chi connectivity index (χ1v) is 28.4. The summed E-state index contributed by atoms with van der Waals surface area (Å²) in [5.41, 5.74) is 14.3. The van der Waals surface area contributed by atoms with Crippen LogP contribution in [0.4, 0.5) is 28.8 Å². The summed E-state index contributed by atoms with van der Waals surface area (Å²) in [7, 11) is 0. The number of oxazole rings is 2. The molecule has 2 aliphatic heterocycles. The van der Waals surface area contributed by atoms with Crippen molar-refractivity contribution in [2.75, 3.05) is 16.0 Å². The fourth-order valence-corrected chi connectivity index (χ4v) is 10.5. The predicted molar refractivity (Wildman–Crippen MR) is 346 cm³/mol. The van der Waals surface area contributed by atoms with Crippen molar-refractivity contribution in [3.8, 4) is 22.6 Å². The van der Waals surface area contributed by atoms with E-state index in [1.54, 1.807) is 0 Å². The van der Waals surface area contributed by atoms with Crippen molar-refractivity contribution in [1.29, 1.82) is 0 Å².